The van der Waals surface area contributed by atoms with E-state index in [1.165, 1.54) is 21.7 Å². The lowest BCUT2D eigenvalue weighted by Crippen LogP contribution is -2.33. The highest BCUT2D eigenvalue weighted by Crippen LogP contribution is 2.36. The Balaban J connectivity index is 1.93. The van der Waals surface area contributed by atoms with Gasteiger partial charge < -0.3 is 10.0 Å². The van der Waals surface area contributed by atoms with Crippen molar-refractivity contribution in [1.82, 2.24) is 0 Å². The molecule has 3 rings (SSSR count). The Bertz CT molecular complexity index is 590. The Kier molecular flexibility index (Phi) is 3.33. The Hall–Kier alpha value is -1.32. The largest absolute Gasteiger partial charge is 0.392 e. The van der Waals surface area contributed by atoms with Gasteiger partial charge >= 0.3 is 0 Å². The van der Waals surface area contributed by atoms with Crippen molar-refractivity contribution in [2.45, 2.75) is 32.9 Å². The monoisotopic (exact) mass is 273 g/mol. The summed E-state index contributed by atoms with van der Waals surface area (Å²) in [5.74, 6) is 0. The lowest BCUT2D eigenvalue weighted by atomic mass is 9.99. The molecule has 0 spiro atoms. The van der Waals surface area contributed by atoms with Crippen LogP contribution in [0.5, 0.6) is 0 Å². The summed E-state index contributed by atoms with van der Waals surface area (Å²) in [6, 6.07) is 9.06. The maximum atomic E-state index is 9.26. The molecule has 1 aromatic heterocycles. The minimum absolute atomic E-state index is 0.121. The van der Waals surface area contributed by atoms with Gasteiger partial charge in [-0.1, -0.05) is 6.07 Å². The van der Waals surface area contributed by atoms with Crippen LogP contribution in [0.25, 0.3) is 0 Å². The van der Waals surface area contributed by atoms with Gasteiger partial charge in [-0.25, -0.2) is 0 Å². The summed E-state index contributed by atoms with van der Waals surface area (Å²) in [6.07, 6.45) is 1.14. The number of aryl methyl sites for hydroxylation is 1. The number of thiophene rings is 1. The molecule has 0 saturated carbocycles. The molecule has 100 valence electrons. The predicted molar refractivity (Wildman–Crippen MR) is 80.9 cm³/mol. The van der Waals surface area contributed by atoms with Crippen molar-refractivity contribution in [3.63, 3.8) is 0 Å². The minimum Gasteiger partial charge on any atom is -0.392 e. The standard InChI is InChI=1S/C16H19NOS/c1-11-9-14(4-3-13(11)10-18)17-7-5-16-15(12(17)2)6-8-19-16/h3-4,6,8-9,12,18H,5,7,10H2,1-2H3. The number of fused-ring (bicyclic) bond motifs is 1. The molecule has 0 amide bonds. The number of anilines is 1. The zero-order valence-corrected chi connectivity index (χ0v) is 12.2. The minimum atomic E-state index is 0.121. The molecule has 0 fully saturated rings. The van der Waals surface area contributed by atoms with E-state index in [0.29, 0.717) is 6.04 Å². The fourth-order valence-corrected chi connectivity index (χ4v) is 3.86. The second kappa shape index (κ2) is 4.99. The molecule has 0 bridgehead atoms. The molecule has 0 saturated heterocycles. The van der Waals surface area contributed by atoms with E-state index < -0.39 is 0 Å². The Labute approximate surface area is 118 Å². The third-order valence-electron chi connectivity index (χ3n) is 4.11. The van der Waals surface area contributed by atoms with Crippen molar-refractivity contribution in [1.29, 1.82) is 0 Å². The highest BCUT2D eigenvalue weighted by atomic mass is 32.1. The van der Waals surface area contributed by atoms with Crippen LogP contribution >= 0.6 is 11.3 Å². The molecule has 1 aliphatic rings. The molecule has 1 aliphatic heterocycles. The molecule has 1 atom stereocenters. The first-order chi connectivity index (χ1) is 9.20. The molecule has 1 unspecified atom stereocenters. The van der Waals surface area contributed by atoms with Crippen molar-refractivity contribution in [3.05, 3.63) is 51.2 Å². The summed E-state index contributed by atoms with van der Waals surface area (Å²) in [5.41, 5.74) is 4.92. The van der Waals surface area contributed by atoms with E-state index in [-0.39, 0.29) is 6.61 Å². The second-order valence-electron chi connectivity index (χ2n) is 5.19. The maximum Gasteiger partial charge on any atom is 0.0684 e. The second-order valence-corrected chi connectivity index (χ2v) is 6.19. The molecule has 3 heteroatoms. The summed E-state index contributed by atoms with van der Waals surface area (Å²) >= 11 is 1.88. The van der Waals surface area contributed by atoms with Crippen molar-refractivity contribution in [2.24, 2.45) is 0 Å². The molecule has 0 aliphatic carbocycles. The van der Waals surface area contributed by atoms with Crippen molar-refractivity contribution < 1.29 is 5.11 Å². The highest BCUT2D eigenvalue weighted by molar-refractivity contribution is 7.10. The quantitative estimate of drug-likeness (QED) is 0.902. The van der Waals surface area contributed by atoms with Crippen LogP contribution < -0.4 is 4.90 Å². The van der Waals surface area contributed by atoms with Gasteiger partial charge in [0.1, 0.15) is 0 Å². The lowest BCUT2D eigenvalue weighted by Gasteiger charge is -2.36. The Morgan fingerprint density at radius 2 is 2.21 bits per heavy atom. The summed E-state index contributed by atoms with van der Waals surface area (Å²) in [7, 11) is 0. The van der Waals surface area contributed by atoms with E-state index in [1.807, 2.05) is 17.4 Å². The van der Waals surface area contributed by atoms with Crippen molar-refractivity contribution in [2.75, 3.05) is 11.4 Å². The van der Waals surface area contributed by atoms with Gasteiger partial charge in [-0.3, -0.25) is 0 Å². The first-order valence-corrected chi connectivity index (χ1v) is 7.62. The van der Waals surface area contributed by atoms with E-state index >= 15 is 0 Å². The number of hydrogen-bond acceptors (Lipinski definition) is 3. The number of rotatable bonds is 2. The van der Waals surface area contributed by atoms with Gasteiger partial charge in [0.15, 0.2) is 0 Å². The number of aliphatic hydroxyl groups is 1. The fraction of sp³-hybridized carbons (Fsp3) is 0.375. The van der Waals surface area contributed by atoms with Gasteiger partial charge in [0, 0.05) is 17.1 Å². The van der Waals surface area contributed by atoms with Crippen LogP contribution in [-0.2, 0) is 13.0 Å². The zero-order chi connectivity index (χ0) is 13.4. The van der Waals surface area contributed by atoms with E-state index in [9.17, 15) is 5.11 Å². The van der Waals surface area contributed by atoms with Gasteiger partial charge in [-0.15, -0.1) is 11.3 Å². The molecule has 2 heterocycles. The predicted octanol–water partition coefficient (Wildman–Crippen LogP) is 3.67. The van der Waals surface area contributed by atoms with Gasteiger partial charge in [-0.2, -0.15) is 0 Å². The normalized spacial score (nSPS) is 18.5. The van der Waals surface area contributed by atoms with Crippen LogP contribution in [0.2, 0.25) is 0 Å². The topological polar surface area (TPSA) is 23.5 Å². The smallest absolute Gasteiger partial charge is 0.0684 e. The number of aliphatic hydroxyl groups excluding tert-OH is 1. The number of benzene rings is 1. The maximum absolute atomic E-state index is 9.26. The average molecular weight is 273 g/mol. The SMILES string of the molecule is Cc1cc(N2CCc3sccc3C2C)ccc1CO. The third-order valence-corrected chi connectivity index (χ3v) is 5.10. The van der Waals surface area contributed by atoms with Gasteiger partial charge in [-0.05, 0) is 60.5 Å². The van der Waals surface area contributed by atoms with Crippen LogP contribution in [0.3, 0.4) is 0 Å². The van der Waals surface area contributed by atoms with Gasteiger partial charge in [0.25, 0.3) is 0 Å². The lowest BCUT2D eigenvalue weighted by molar-refractivity contribution is 0.281. The molecule has 19 heavy (non-hydrogen) atoms. The highest BCUT2D eigenvalue weighted by Gasteiger charge is 2.24. The zero-order valence-electron chi connectivity index (χ0n) is 11.4. The van der Waals surface area contributed by atoms with E-state index in [1.54, 1.807) is 0 Å². The van der Waals surface area contributed by atoms with Crippen LogP contribution in [-0.4, -0.2) is 11.7 Å². The molecule has 1 N–H and O–H groups in total. The van der Waals surface area contributed by atoms with Crippen LogP contribution in [0, 0.1) is 6.92 Å². The Morgan fingerprint density at radius 1 is 1.37 bits per heavy atom. The van der Waals surface area contributed by atoms with E-state index in [0.717, 1.165) is 18.5 Å². The summed E-state index contributed by atoms with van der Waals surface area (Å²) in [5, 5.41) is 11.5. The molecule has 0 radical (unpaired) electrons. The molecule has 1 aromatic carbocycles. The van der Waals surface area contributed by atoms with Gasteiger partial charge in [0.05, 0.1) is 12.6 Å². The van der Waals surface area contributed by atoms with Gasteiger partial charge in [0.2, 0.25) is 0 Å². The fourth-order valence-electron chi connectivity index (χ4n) is 2.90. The first kappa shape index (κ1) is 12.7. The first-order valence-electron chi connectivity index (χ1n) is 6.74. The third kappa shape index (κ3) is 2.17. The number of nitrogens with zero attached hydrogens (tertiary/aromatic N) is 1. The van der Waals surface area contributed by atoms with Crippen LogP contribution in [0.4, 0.5) is 5.69 Å². The van der Waals surface area contributed by atoms with Crippen LogP contribution in [0.1, 0.15) is 34.5 Å². The molecule has 2 nitrogen and oxygen atoms in total. The molecule has 2 aromatic rings. The summed E-state index contributed by atoms with van der Waals surface area (Å²) in [6.45, 7) is 5.54. The van der Waals surface area contributed by atoms with E-state index in [2.05, 4.69) is 42.3 Å². The van der Waals surface area contributed by atoms with Crippen LogP contribution in [0.15, 0.2) is 29.6 Å². The molecular weight excluding hydrogens is 254 g/mol. The average Bonchev–Trinajstić information content (AvgIpc) is 2.88. The summed E-state index contributed by atoms with van der Waals surface area (Å²) in [4.78, 5) is 4.00. The number of hydrogen-bond donors (Lipinski definition) is 1. The summed E-state index contributed by atoms with van der Waals surface area (Å²) < 4.78 is 0. The Morgan fingerprint density at radius 3 is 2.95 bits per heavy atom. The van der Waals surface area contributed by atoms with E-state index in [4.69, 9.17) is 0 Å². The molecular formula is C16H19NOS. The van der Waals surface area contributed by atoms with Crippen molar-refractivity contribution in [3.8, 4) is 0 Å². The van der Waals surface area contributed by atoms with Crippen molar-refractivity contribution >= 4 is 17.0 Å².